The first-order chi connectivity index (χ1) is 6.35. The fraction of sp³-hybridized carbons (Fsp3) is 1.00. The smallest absolute Gasteiger partial charge is 0.148 e. The van der Waals surface area contributed by atoms with Crippen LogP contribution in [0.3, 0.4) is 0 Å². The van der Waals surface area contributed by atoms with Gasteiger partial charge in [-0.15, -0.1) is 0 Å². The van der Waals surface area contributed by atoms with Gasteiger partial charge in [0, 0.05) is 32.1 Å². The third kappa shape index (κ3) is 8.47. The van der Waals surface area contributed by atoms with Gasteiger partial charge >= 0.3 is 0 Å². The normalized spacial score (nSPS) is 16.6. The highest BCUT2D eigenvalue weighted by atomic mass is 32.2. The zero-order valence-corrected chi connectivity index (χ0v) is 10.2. The van der Waals surface area contributed by atoms with Crippen LogP contribution in [0.15, 0.2) is 0 Å². The molecule has 0 fully saturated rings. The minimum atomic E-state index is -2.88. The van der Waals surface area contributed by atoms with Crippen molar-refractivity contribution in [3.05, 3.63) is 0 Å². The molecule has 0 saturated heterocycles. The van der Waals surface area contributed by atoms with Crippen molar-refractivity contribution in [1.82, 2.24) is 5.32 Å². The minimum absolute atomic E-state index is 0.00291. The third-order valence-electron chi connectivity index (χ3n) is 1.88. The summed E-state index contributed by atoms with van der Waals surface area (Å²) in [6.07, 6.45) is 2.15. The lowest BCUT2D eigenvalue weighted by Crippen LogP contribution is -2.39. The Morgan fingerprint density at radius 2 is 1.86 bits per heavy atom. The number of rotatable bonds is 7. The molecule has 0 aliphatic heterocycles. The summed E-state index contributed by atoms with van der Waals surface area (Å²) in [5.74, 6) is 0.185. The van der Waals surface area contributed by atoms with E-state index in [4.69, 9.17) is 4.74 Å². The van der Waals surface area contributed by atoms with Gasteiger partial charge in [0.15, 0.2) is 0 Å². The monoisotopic (exact) mass is 223 g/mol. The second-order valence-corrected chi connectivity index (χ2v) is 6.03. The molecule has 0 rings (SSSR count). The maximum absolute atomic E-state index is 11.0. The van der Waals surface area contributed by atoms with E-state index in [9.17, 15) is 8.42 Å². The first-order valence-electron chi connectivity index (χ1n) is 4.78. The highest BCUT2D eigenvalue weighted by Gasteiger charge is 2.12. The largest absolute Gasteiger partial charge is 0.385 e. The molecule has 0 aromatic heterocycles. The predicted octanol–water partition coefficient (Wildman–Crippen LogP) is 0.434. The van der Waals surface area contributed by atoms with E-state index in [2.05, 4.69) is 5.32 Å². The average Bonchev–Trinajstić information content (AvgIpc) is 1.96. The Balaban J connectivity index is 3.76. The Bertz CT molecular complexity index is 238. The summed E-state index contributed by atoms with van der Waals surface area (Å²) in [5, 5.41) is 3.21. The number of ether oxygens (including phenoxy) is 1. The molecule has 2 atom stereocenters. The van der Waals surface area contributed by atoms with Crippen LogP contribution in [0.5, 0.6) is 0 Å². The van der Waals surface area contributed by atoms with Crippen LogP contribution >= 0.6 is 0 Å². The van der Waals surface area contributed by atoms with Gasteiger partial charge in [-0.05, 0) is 20.3 Å². The van der Waals surface area contributed by atoms with Gasteiger partial charge in [-0.1, -0.05) is 0 Å². The predicted molar refractivity (Wildman–Crippen MR) is 58.3 cm³/mol. The van der Waals surface area contributed by atoms with Gasteiger partial charge in [0.2, 0.25) is 0 Å². The van der Waals surface area contributed by atoms with Crippen LogP contribution in [-0.2, 0) is 14.6 Å². The standard InChI is InChI=1S/C9H21NO3S/c1-8(5-6-13-3)10-9(2)7-14(4,11)12/h8-10H,5-7H2,1-4H3. The molecule has 14 heavy (non-hydrogen) atoms. The molecule has 0 aromatic rings. The zero-order valence-electron chi connectivity index (χ0n) is 9.41. The topological polar surface area (TPSA) is 55.4 Å². The average molecular weight is 223 g/mol. The van der Waals surface area contributed by atoms with Gasteiger partial charge in [-0.25, -0.2) is 8.42 Å². The van der Waals surface area contributed by atoms with Gasteiger partial charge in [-0.2, -0.15) is 0 Å². The van der Waals surface area contributed by atoms with Crippen molar-refractivity contribution in [2.24, 2.45) is 0 Å². The fourth-order valence-electron chi connectivity index (χ4n) is 1.37. The molecule has 1 N–H and O–H groups in total. The molecule has 0 heterocycles. The maximum atomic E-state index is 11.0. The van der Waals surface area contributed by atoms with Crippen molar-refractivity contribution in [2.75, 3.05) is 25.7 Å². The van der Waals surface area contributed by atoms with Crippen LogP contribution in [0.4, 0.5) is 0 Å². The van der Waals surface area contributed by atoms with E-state index >= 15 is 0 Å². The Morgan fingerprint density at radius 3 is 2.29 bits per heavy atom. The van der Waals surface area contributed by atoms with Crippen LogP contribution in [0.25, 0.3) is 0 Å². The molecule has 0 aliphatic rings. The van der Waals surface area contributed by atoms with Gasteiger partial charge < -0.3 is 10.1 Å². The van der Waals surface area contributed by atoms with Crippen LogP contribution in [0.2, 0.25) is 0 Å². The number of hydrogen-bond donors (Lipinski definition) is 1. The van der Waals surface area contributed by atoms with Gasteiger partial charge in [-0.3, -0.25) is 0 Å². The zero-order chi connectivity index (χ0) is 11.2. The Morgan fingerprint density at radius 1 is 1.29 bits per heavy atom. The van der Waals surface area contributed by atoms with E-state index in [1.807, 2.05) is 13.8 Å². The molecule has 0 amide bonds. The minimum Gasteiger partial charge on any atom is -0.385 e. The molecule has 0 saturated carbocycles. The number of methoxy groups -OCH3 is 1. The van der Waals surface area contributed by atoms with Gasteiger partial charge in [0.05, 0.1) is 5.75 Å². The summed E-state index contributed by atoms with van der Waals surface area (Å²) >= 11 is 0. The maximum Gasteiger partial charge on any atom is 0.148 e. The first-order valence-corrected chi connectivity index (χ1v) is 6.84. The van der Waals surface area contributed by atoms with E-state index < -0.39 is 9.84 Å². The first kappa shape index (κ1) is 13.9. The molecule has 0 bridgehead atoms. The lowest BCUT2D eigenvalue weighted by atomic mass is 10.2. The molecule has 0 radical (unpaired) electrons. The van der Waals surface area contributed by atoms with Crippen molar-refractivity contribution in [1.29, 1.82) is 0 Å². The molecular weight excluding hydrogens is 202 g/mol. The van der Waals surface area contributed by atoms with E-state index in [0.29, 0.717) is 6.61 Å². The summed E-state index contributed by atoms with van der Waals surface area (Å²) in [7, 11) is -1.22. The summed E-state index contributed by atoms with van der Waals surface area (Å²) < 4.78 is 26.9. The lowest BCUT2D eigenvalue weighted by molar-refractivity contribution is 0.183. The van der Waals surface area contributed by atoms with Gasteiger partial charge in [0.25, 0.3) is 0 Å². The number of nitrogens with one attached hydrogen (secondary N) is 1. The number of hydrogen-bond acceptors (Lipinski definition) is 4. The Kier molecular flexibility index (Phi) is 6.31. The molecule has 0 spiro atoms. The number of sulfone groups is 1. The molecule has 0 aliphatic carbocycles. The van der Waals surface area contributed by atoms with Crippen LogP contribution < -0.4 is 5.32 Å². The van der Waals surface area contributed by atoms with Crippen molar-refractivity contribution < 1.29 is 13.2 Å². The summed E-state index contributed by atoms with van der Waals surface area (Å²) in [4.78, 5) is 0. The lowest BCUT2D eigenvalue weighted by Gasteiger charge is -2.18. The quantitative estimate of drug-likeness (QED) is 0.680. The van der Waals surface area contributed by atoms with Crippen molar-refractivity contribution in [2.45, 2.75) is 32.4 Å². The van der Waals surface area contributed by atoms with Gasteiger partial charge in [0.1, 0.15) is 9.84 Å². The molecule has 5 heteroatoms. The van der Waals surface area contributed by atoms with Crippen LogP contribution in [0, 0.1) is 0 Å². The molecule has 2 unspecified atom stereocenters. The van der Waals surface area contributed by atoms with E-state index in [1.165, 1.54) is 6.26 Å². The van der Waals surface area contributed by atoms with Crippen molar-refractivity contribution in [3.63, 3.8) is 0 Å². The summed E-state index contributed by atoms with van der Waals surface area (Å²) in [5.41, 5.74) is 0. The summed E-state index contributed by atoms with van der Waals surface area (Å²) in [6, 6.07) is 0.281. The SMILES string of the molecule is COCCC(C)NC(C)CS(C)(=O)=O. The van der Waals surface area contributed by atoms with E-state index in [0.717, 1.165) is 6.42 Å². The van der Waals surface area contributed by atoms with Crippen molar-refractivity contribution >= 4 is 9.84 Å². The molecule has 0 aromatic carbocycles. The van der Waals surface area contributed by atoms with E-state index in [1.54, 1.807) is 7.11 Å². The second kappa shape index (κ2) is 6.37. The highest BCUT2D eigenvalue weighted by molar-refractivity contribution is 7.90. The molecule has 4 nitrogen and oxygen atoms in total. The van der Waals surface area contributed by atoms with E-state index in [-0.39, 0.29) is 17.8 Å². The van der Waals surface area contributed by atoms with Crippen LogP contribution in [-0.4, -0.2) is 46.2 Å². The summed E-state index contributed by atoms with van der Waals surface area (Å²) in [6.45, 7) is 4.60. The Hall–Kier alpha value is -0.130. The molecular formula is C9H21NO3S. The van der Waals surface area contributed by atoms with Crippen LogP contribution in [0.1, 0.15) is 20.3 Å². The van der Waals surface area contributed by atoms with Crippen molar-refractivity contribution in [3.8, 4) is 0 Å². The Labute approximate surface area is 86.9 Å². The fourth-order valence-corrected chi connectivity index (χ4v) is 2.37. The second-order valence-electron chi connectivity index (χ2n) is 3.84. The highest BCUT2D eigenvalue weighted by Crippen LogP contribution is 1.96. The third-order valence-corrected chi connectivity index (χ3v) is 2.98. The molecule has 86 valence electrons.